The van der Waals surface area contributed by atoms with Crippen molar-refractivity contribution in [3.63, 3.8) is 0 Å². The maximum atomic E-state index is 13.1. The fourth-order valence-electron chi connectivity index (χ4n) is 3.76. The summed E-state index contributed by atoms with van der Waals surface area (Å²) in [5.41, 5.74) is 1.42. The van der Waals surface area contributed by atoms with Gasteiger partial charge in [-0.3, -0.25) is 14.5 Å². The molecule has 0 bridgehead atoms. The van der Waals surface area contributed by atoms with Crippen molar-refractivity contribution in [3.05, 3.63) is 75.8 Å². The van der Waals surface area contributed by atoms with Crippen LogP contribution in [0.2, 0.25) is 0 Å². The smallest absolute Gasteiger partial charge is 0.507 e. The average Bonchev–Trinajstić information content (AvgIpc) is 3.33. The Balaban J connectivity index is 1.84. The first-order valence-corrected chi connectivity index (χ1v) is 11.3. The number of aryl methyl sites for hydroxylation is 1. The Morgan fingerprint density at radius 3 is 2.20 bits per heavy atom. The Kier molecular flexibility index (Phi) is 6.37. The standard InChI is InChI=1S/C24H20F3N3O4S/c1-12(2)14-4-6-16(7-5-14)20(31)18-19(15-8-10-17(11-9-15)34-24(25,26)27)30(22(33)21(18)32)23-29-28-13(3)35-23/h4-12,19,31H,1-3H3. The molecule has 1 saturated heterocycles. The molecule has 182 valence electrons. The predicted octanol–water partition coefficient (Wildman–Crippen LogP) is 5.49. The van der Waals surface area contributed by atoms with Crippen LogP contribution in [0.3, 0.4) is 0 Å². The van der Waals surface area contributed by atoms with Crippen LogP contribution < -0.4 is 9.64 Å². The van der Waals surface area contributed by atoms with Crippen LogP contribution in [0.25, 0.3) is 5.76 Å². The second kappa shape index (κ2) is 9.14. The number of rotatable bonds is 5. The fourth-order valence-corrected chi connectivity index (χ4v) is 4.48. The highest BCUT2D eigenvalue weighted by Gasteiger charge is 2.48. The quantitative estimate of drug-likeness (QED) is 0.281. The Morgan fingerprint density at radius 2 is 1.69 bits per heavy atom. The molecule has 1 fully saturated rings. The van der Waals surface area contributed by atoms with Crippen LogP contribution in [0, 0.1) is 6.92 Å². The van der Waals surface area contributed by atoms with Gasteiger partial charge in [0.25, 0.3) is 5.78 Å². The fraction of sp³-hybridized carbons (Fsp3) is 0.250. The van der Waals surface area contributed by atoms with Gasteiger partial charge in [-0.25, -0.2) is 0 Å². The number of aromatic nitrogens is 2. The van der Waals surface area contributed by atoms with Gasteiger partial charge in [0, 0.05) is 5.56 Å². The number of halogens is 3. The summed E-state index contributed by atoms with van der Waals surface area (Å²) in [7, 11) is 0. The molecule has 1 N–H and O–H groups in total. The van der Waals surface area contributed by atoms with Crippen molar-refractivity contribution in [2.45, 2.75) is 39.1 Å². The molecular formula is C24H20F3N3O4S. The molecule has 0 aliphatic carbocycles. The third-order valence-electron chi connectivity index (χ3n) is 5.45. The first-order chi connectivity index (χ1) is 16.5. The topological polar surface area (TPSA) is 92.6 Å². The predicted molar refractivity (Wildman–Crippen MR) is 123 cm³/mol. The zero-order valence-electron chi connectivity index (χ0n) is 18.8. The van der Waals surface area contributed by atoms with Gasteiger partial charge >= 0.3 is 12.3 Å². The molecule has 2 heterocycles. The monoisotopic (exact) mass is 503 g/mol. The highest BCUT2D eigenvalue weighted by Crippen LogP contribution is 2.43. The minimum Gasteiger partial charge on any atom is -0.507 e. The number of anilines is 1. The molecule has 4 rings (SSSR count). The summed E-state index contributed by atoms with van der Waals surface area (Å²) in [5.74, 6) is -2.49. The number of carbonyl (C=O) groups is 2. The van der Waals surface area contributed by atoms with E-state index in [2.05, 4.69) is 14.9 Å². The minimum absolute atomic E-state index is 0.124. The number of nitrogens with zero attached hydrogens (tertiary/aromatic N) is 3. The maximum absolute atomic E-state index is 13.1. The van der Waals surface area contributed by atoms with Gasteiger partial charge in [-0.2, -0.15) is 0 Å². The van der Waals surface area contributed by atoms with Crippen molar-refractivity contribution in [3.8, 4) is 5.75 Å². The summed E-state index contributed by atoms with van der Waals surface area (Å²) >= 11 is 1.07. The van der Waals surface area contributed by atoms with Crippen LogP contribution in [-0.4, -0.2) is 33.4 Å². The second-order valence-corrected chi connectivity index (χ2v) is 9.33. The van der Waals surface area contributed by atoms with Crippen LogP contribution >= 0.6 is 11.3 Å². The largest absolute Gasteiger partial charge is 0.573 e. The summed E-state index contributed by atoms with van der Waals surface area (Å²) in [6.07, 6.45) is -4.87. The van der Waals surface area contributed by atoms with Crippen molar-refractivity contribution >= 4 is 33.9 Å². The van der Waals surface area contributed by atoms with E-state index in [0.717, 1.165) is 33.9 Å². The molecule has 1 atom stereocenters. The molecule has 3 aromatic rings. The number of ether oxygens (including phenoxy) is 1. The molecule has 0 saturated carbocycles. The zero-order chi connectivity index (χ0) is 25.5. The van der Waals surface area contributed by atoms with Gasteiger partial charge in [-0.15, -0.1) is 23.4 Å². The number of alkyl halides is 3. The van der Waals surface area contributed by atoms with E-state index in [1.807, 2.05) is 26.0 Å². The molecule has 0 radical (unpaired) electrons. The number of benzene rings is 2. The van der Waals surface area contributed by atoms with Gasteiger partial charge in [0.1, 0.15) is 16.5 Å². The molecule has 1 aliphatic rings. The summed E-state index contributed by atoms with van der Waals surface area (Å²) in [6.45, 7) is 5.69. The molecule has 1 aromatic heterocycles. The molecular weight excluding hydrogens is 483 g/mol. The number of amides is 1. The lowest BCUT2D eigenvalue weighted by atomic mass is 9.94. The van der Waals surface area contributed by atoms with E-state index in [1.165, 1.54) is 12.1 Å². The van der Waals surface area contributed by atoms with Gasteiger partial charge < -0.3 is 9.84 Å². The van der Waals surface area contributed by atoms with Gasteiger partial charge in [0.2, 0.25) is 5.13 Å². The summed E-state index contributed by atoms with van der Waals surface area (Å²) in [5, 5.41) is 19.6. The van der Waals surface area contributed by atoms with Crippen LogP contribution in [0.5, 0.6) is 5.75 Å². The molecule has 11 heteroatoms. The van der Waals surface area contributed by atoms with Crippen molar-refractivity contribution in [2.75, 3.05) is 4.90 Å². The Morgan fingerprint density at radius 1 is 1.06 bits per heavy atom. The summed E-state index contributed by atoms with van der Waals surface area (Å²) in [6, 6.07) is 10.5. The number of aliphatic hydroxyl groups is 1. The van der Waals surface area contributed by atoms with Gasteiger partial charge in [0.15, 0.2) is 0 Å². The Bertz CT molecular complexity index is 1300. The highest BCUT2D eigenvalue weighted by atomic mass is 32.1. The van der Waals surface area contributed by atoms with Crippen LogP contribution in [0.4, 0.5) is 18.3 Å². The van der Waals surface area contributed by atoms with Gasteiger partial charge in [-0.1, -0.05) is 61.6 Å². The van der Waals surface area contributed by atoms with Crippen LogP contribution in [0.1, 0.15) is 47.5 Å². The second-order valence-electron chi connectivity index (χ2n) is 8.17. The lowest BCUT2D eigenvalue weighted by molar-refractivity contribution is -0.274. The van der Waals surface area contributed by atoms with E-state index in [1.54, 1.807) is 19.1 Å². The molecule has 1 aliphatic heterocycles. The molecule has 1 unspecified atom stereocenters. The molecule has 2 aromatic carbocycles. The number of aliphatic hydroxyl groups excluding tert-OH is 1. The normalized spacial score (nSPS) is 17.9. The SMILES string of the molecule is Cc1nnc(N2C(=O)C(=O)C(=C(O)c3ccc(C(C)C)cc3)C2c2ccc(OC(F)(F)F)cc2)s1. The van der Waals surface area contributed by atoms with E-state index in [4.69, 9.17) is 0 Å². The first kappa shape index (κ1) is 24.4. The average molecular weight is 504 g/mol. The number of Topliss-reactive ketones (excluding diaryl/α,β-unsaturated/α-hetero) is 1. The van der Waals surface area contributed by atoms with E-state index < -0.39 is 35.6 Å². The van der Waals surface area contributed by atoms with E-state index >= 15 is 0 Å². The number of hydrogen-bond acceptors (Lipinski definition) is 7. The Labute approximate surface area is 202 Å². The third kappa shape index (κ3) is 4.90. The summed E-state index contributed by atoms with van der Waals surface area (Å²) in [4.78, 5) is 27.2. The number of ketones is 1. The number of carbonyl (C=O) groups excluding carboxylic acids is 2. The van der Waals surface area contributed by atoms with Crippen molar-refractivity contribution in [2.24, 2.45) is 0 Å². The minimum atomic E-state index is -4.87. The lowest BCUT2D eigenvalue weighted by Gasteiger charge is -2.23. The zero-order valence-corrected chi connectivity index (χ0v) is 19.6. The summed E-state index contributed by atoms with van der Waals surface area (Å²) < 4.78 is 41.7. The van der Waals surface area contributed by atoms with Gasteiger partial charge in [-0.05, 0) is 36.1 Å². The molecule has 1 amide bonds. The third-order valence-corrected chi connectivity index (χ3v) is 6.28. The molecule has 0 spiro atoms. The first-order valence-electron chi connectivity index (χ1n) is 10.5. The maximum Gasteiger partial charge on any atom is 0.573 e. The van der Waals surface area contributed by atoms with Crippen molar-refractivity contribution in [1.29, 1.82) is 0 Å². The highest BCUT2D eigenvalue weighted by molar-refractivity contribution is 7.15. The van der Waals surface area contributed by atoms with Crippen molar-refractivity contribution < 1.29 is 32.6 Å². The van der Waals surface area contributed by atoms with E-state index in [-0.39, 0.29) is 22.2 Å². The van der Waals surface area contributed by atoms with Crippen LogP contribution in [0.15, 0.2) is 54.1 Å². The molecule has 7 nitrogen and oxygen atoms in total. The lowest BCUT2D eigenvalue weighted by Crippen LogP contribution is -2.29. The van der Waals surface area contributed by atoms with Crippen molar-refractivity contribution in [1.82, 2.24) is 10.2 Å². The van der Waals surface area contributed by atoms with E-state index in [0.29, 0.717) is 10.6 Å². The number of hydrogen-bond donors (Lipinski definition) is 1. The van der Waals surface area contributed by atoms with Gasteiger partial charge in [0.05, 0.1) is 11.6 Å². The van der Waals surface area contributed by atoms with E-state index in [9.17, 15) is 27.9 Å². The Hall–Kier alpha value is -3.73. The van der Waals surface area contributed by atoms with Crippen LogP contribution in [-0.2, 0) is 9.59 Å². The molecule has 35 heavy (non-hydrogen) atoms.